The van der Waals surface area contributed by atoms with Gasteiger partial charge < -0.3 is 14.8 Å². The summed E-state index contributed by atoms with van der Waals surface area (Å²) in [5, 5.41) is 2.93. The van der Waals surface area contributed by atoms with Gasteiger partial charge in [0.05, 0.1) is 23.6 Å². The maximum Gasteiger partial charge on any atom is 0.422 e. The number of ether oxygens (including phenoxy) is 2. The van der Waals surface area contributed by atoms with Crippen molar-refractivity contribution in [3.8, 4) is 11.5 Å². The van der Waals surface area contributed by atoms with Gasteiger partial charge in [0.15, 0.2) is 6.61 Å². The van der Waals surface area contributed by atoms with Crippen LogP contribution in [0.15, 0.2) is 67.0 Å². The fourth-order valence-electron chi connectivity index (χ4n) is 3.62. The lowest BCUT2D eigenvalue weighted by atomic mass is 10.1. The minimum atomic E-state index is -4.41. The number of amides is 1. The largest absolute Gasteiger partial charge is 0.487 e. The first-order valence-electron chi connectivity index (χ1n) is 10.9. The molecule has 0 spiro atoms. The first-order valence-corrected chi connectivity index (χ1v) is 10.9. The molecule has 0 radical (unpaired) electrons. The van der Waals surface area contributed by atoms with Gasteiger partial charge in [0.1, 0.15) is 18.1 Å². The lowest BCUT2D eigenvalue weighted by Gasteiger charge is -2.14. The molecule has 178 valence electrons. The number of hydrogen-bond acceptors (Lipinski definition) is 5. The van der Waals surface area contributed by atoms with Crippen molar-refractivity contribution in [2.75, 3.05) is 6.61 Å². The predicted octanol–water partition coefficient (Wildman–Crippen LogP) is 4.98. The van der Waals surface area contributed by atoms with Gasteiger partial charge in [0, 0.05) is 12.1 Å². The summed E-state index contributed by atoms with van der Waals surface area (Å²) in [4.78, 5) is 21.1. The zero-order valence-electron chi connectivity index (χ0n) is 18.5. The Bertz CT molecular complexity index is 1110. The lowest BCUT2D eigenvalue weighted by molar-refractivity contribution is -0.153. The topological polar surface area (TPSA) is 73.3 Å². The molecule has 2 heterocycles. The van der Waals surface area contributed by atoms with E-state index in [1.54, 1.807) is 19.2 Å². The zero-order valence-corrected chi connectivity index (χ0v) is 18.5. The van der Waals surface area contributed by atoms with Gasteiger partial charge in [-0.05, 0) is 61.2 Å². The zero-order chi connectivity index (χ0) is 24.1. The van der Waals surface area contributed by atoms with Crippen LogP contribution in [0.3, 0.4) is 0 Å². The Hall–Kier alpha value is -3.62. The summed E-state index contributed by atoms with van der Waals surface area (Å²) in [6.45, 7) is 0.766. The van der Waals surface area contributed by atoms with E-state index in [0.29, 0.717) is 12.3 Å². The second-order valence-electron chi connectivity index (χ2n) is 8.18. The molecule has 1 amide bonds. The summed E-state index contributed by atoms with van der Waals surface area (Å²) in [5.41, 5.74) is 2.41. The molecule has 9 heteroatoms. The number of nitrogens with zero attached hydrogens (tertiary/aromatic N) is 2. The number of alkyl halides is 3. The van der Waals surface area contributed by atoms with Crippen molar-refractivity contribution >= 4 is 5.91 Å². The number of nitrogens with one attached hydrogen (secondary N) is 1. The SMILES string of the molecule is C[C@@H](NC(=O)[C@H]1C[C@@H]1c1cccc(OCc2ccccn2)c1)c1ccc(OCC(F)(F)F)cn1. The van der Waals surface area contributed by atoms with E-state index in [-0.39, 0.29) is 23.5 Å². The molecule has 6 nitrogen and oxygen atoms in total. The van der Waals surface area contributed by atoms with Crippen LogP contribution in [0.2, 0.25) is 0 Å². The molecule has 0 bridgehead atoms. The molecule has 1 N–H and O–H groups in total. The standard InChI is InChI=1S/C25H24F3N3O3/c1-16(23-9-8-20(13-30-23)34-15-25(26,27)28)31-24(32)22-12-21(22)17-5-4-7-19(11-17)33-14-18-6-2-3-10-29-18/h2-11,13,16,21-22H,12,14-15H2,1H3,(H,31,32)/t16-,21-,22+/m1/s1. The van der Waals surface area contributed by atoms with E-state index in [2.05, 4.69) is 20.0 Å². The van der Waals surface area contributed by atoms with Crippen LogP contribution in [0.4, 0.5) is 13.2 Å². The maximum absolute atomic E-state index is 12.7. The second kappa shape index (κ2) is 10.1. The van der Waals surface area contributed by atoms with Gasteiger partial charge in [-0.15, -0.1) is 0 Å². The Morgan fingerprint density at radius 1 is 1.09 bits per heavy atom. The van der Waals surface area contributed by atoms with Crippen LogP contribution >= 0.6 is 0 Å². The van der Waals surface area contributed by atoms with Crippen LogP contribution < -0.4 is 14.8 Å². The highest BCUT2D eigenvalue weighted by molar-refractivity contribution is 5.83. The van der Waals surface area contributed by atoms with Crippen molar-refractivity contribution in [2.24, 2.45) is 5.92 Å². The molecule has 4 rings (SSSR count). The average Bonchev–Trinajstić information content (AvgIpc) is 3.63. The summed E-state index contributed by atoms with van der Waals surface area (Å²) < 4.78 is 47.3. The van der Waals surface area contributed by atoms with Gasteiger partial charge in [0.25, 0.3) is 0 Å². The van der Waals surface area contributed by atoms with E-state index < -0.39 is 18.8 Å². The lowest BCUT2D eigenvalue weighted by Crippen LogP contribution is -2.29. The first-order chi connectivity index (χ1) is 16.3. The van der Waals surface area contributed by atoms with Crippen molar-refractivity contribution in [3.63, 3.8) is 0 Å². The van der Waals surface area contributed by atoms with Gasteiger partial charge in [-0.1, -0.05) is 18.2 Å². The van der Waals surface area contributed by atoms with E-state index in [1.807, 2.05) is 42.5 Å². The molecular formula is C25H24F3N3O3. The normalized spacial score (nSPS) is 18.1. The third-order valence-electron chi connectivity index (χ3n) is 5.49. The highest BCUT2D eigenvalue weighted by atomic mass is 19.4. The van der Waals surface area contributed by atoms with E-state index in [4.69, 9.17) is 4.74 Å². The van der Waals surface area contributed by atoms with E-state index in [9.17, 15) is 18.0 Å². The molecule has 0 aliphatic heterocycles. The van der Waals surface area contributed by atoms with Gasteiger partial charge in [-0.3, -0.25) is 14.8 Å². The molecule has 0 unspecified atom stereocenters. The van der Waals surface area contributed by atoms with Gasteiger partial charge in [-0.25, -0.2) is 0 Å². The van der Waals surface area contributed by atoms with Crippen molar-refractivity contribution in [2.45, 2.75) is 38.1 Å². The summed E-state index contributed by atoms with van der Waals surface area (Å²) in [6, 6.07) is 15.9. The van der Waals surface area contributed by atoms with Crippen LogP contribution in [-0.4, -0.2) is 28.7 Å². The summed E-state index contributed by atoms with van der Waals surface area (Å²) >= 11 is 0. The van der Waals surface area contributed by atoms with Crippen LogP contribution in [0.1, 0.15) is 42.3 Å². The molecule has 3 atom stereocenters. The molecular weight excluding hydrogens is 447 g/mol. The number of benzene rings is 1. The molecule has 34 heavy (non-hydrogen) atoms. The highest BCUT2D eigenvalue weighted by Crippen LogP contribution is 2.48. The van der Waals surface area contributed by atoms with Crippen molar-refractivity contribution in [1.29, 1.82) is 0 Å². The number of carbonyl (C=O) groups is 1. The number of pyridine rings is 2. The van der Waals surface area contributed by atoms with Gasteiger partial charge >= 0.3 is 6.18 Å². The summed E-state index contributed by atoms with van der Waals surface area (Å²) in [5.74, 6) is 0.614. The Kier molecular flexibility index (Phi) is 7.00. The Labute approximate surface area is 195 Å². The number of halogens is 3. The Balaban J connectivity index is 1.28. The monoisotopic (exact) mass is 471 g/mol. The number of rotatable bonds is 9. The molecule has 1 aromatic carbocycles. The summed E-state index contributed by atoms with van der Waals surface area (Å²) in [7, 11) is 0. The molecule has 1 aliphatic rings. The molecule has 1 fully saturated rings. The maximum atomic E-state index is 12.7. The Morgan fingerprint density at radius 3 is 2.65 bits per heavy atom. The Morgan fingerprint density at radius 2 is 1.94 bits per heavy atom. The minimum Gasteiger partial charge on any atom is -0.487 e. The van der Waals surface area contributed by atoms with Crippen molar-refractivity contribution in [3.05, 3.63) is 83.9 Å². The average molecular weight is 471 g/mol. The van der Waals surface area contributed by atoms with Gasteiger partial charge in [-0.2, -0.15) is 13.2 Å². The molecule has 1 aliphatic carbocycles. The predicted molar refractivity (Wildman–Crippen MR) is 118 cm³/mol. The fourth-order valence-corrected chi connectivity index (χ4v) is 3.62. The molecule has 0 saturated heterocycles. The fraction of sp³-hybridized carbons (Fsp3) is 0.320. The van der Waals surface area contributed by atoms with Crippen LogP contribution in [-0.2, 0) is 11.4 Å². The highest BCUT2D eigenvalue weighted by Gasteiger charge is 2.44. The number of aromatic nitrogens is 2. The third kappa shape index (κ3) is 6.46. The van der Waals surface area contributed by atoms with E-state index in [0.717, 1.165) is 23.4 Å². The van der Waals surface area contributed by atoms with Crippen molar-refractivity contribution in [1.82, 2.24) is 15.3 Å². The smallest absolute Gasteiger partial charge is 0.422 e. The minimum absolute atomic E-state index is 0.0204. The first kappa shape index (κ1) is 23.5. The van der Waals surface area contributed by atoms with E-state index in [1.165, 1.54) is 12.3 Å². The summed E-state index contributed by atoms with van der Waals surface area (Å²) in [6.07, 6.45) is -0.735. The van der Waals surface area contributed by atoms with Gasteiger partial charge in [0.2, 0.25) is 5.91 Å². The van der Waals surface area contributed by atoms with Crippen molar-refractivity contribution < 1.29 is 27.4 Å². The number of hydrogen-bond donors (Lipinski definition) is 1. The quantitative estimate of drug-likeness (QED) is 0.477. The second-order valence-corrected chi connectivity index (χ2v) is 8.18. The molecule has 2 aromatic heterocycles. The molecule has 1 saturated carbocycles. The number of carbonyl (C=O) groups excluding carboxylic acids is 1. The third-order valence-corrected chi connectivity index (χ3v) is 5.49. The van der Waals surface area contributed by atoms with Crippen LogP contribution in [0, 0.1) is 5.92 Å². The van der Waals surface area contributed by atoms with Crippen LogP contribution in [0.25, 0.3) is 0 Å². The molecule has 3 aromatic rings. The van der Waals surface area contributed by atoms with Crippen LogP contribution in [0.5, 0.6) is 11.5 Å². The van der Waals surface area contributed by atoms with E-state index >= 15 is 0 Å².